The Labute approximate surface area is 113 Å². The van der Waals surface area contributed by atoms with Crippen LogP contribution in [0.5, 0.6) is 0 Å². The molecule has 1 aliphatic carbocycles. The highest BCUT2D eigenvalue weighted by Crippen LogP contribution is 2.41. The molecule has 0 aromatic carbocycles. The van der Waals surface area contributed by atoms with Gasteiger partial charge in [0.2, 0.25) is 0 Å². The van der Waals surface area contributed by atoms with Gasteiger partial charge in [-0.2, -0.15) is 5.26 Å². The normalized spacial score (nSPS) is 15.4. The Hall–Kier alpha value is -1.89. The van der Waals surface area contributed by atoms with Gasteiger partial charge in [0.15, 0.2) is 0 Å². The van der Waals surface area contributed by atoms with Crippen LogP contribution in [0.4, 0.5) is 0 Å². The summed E-state index contributed by atoms with van der Waals surface area (Å²) < 4.78 is 0. The lowest BCUT2D eigenvalue weighted by Gasteiger charge is -2.40. The smallest absolute Gasteiger partial charge is 0.251 e. The van der Waals surface area contributed by atoms with Gasteiger partial charge in [0.05, 0.1) is 0 Å². The average Bonchev–Trinajstić information content (AvgIpc) is 2.33. The van der Waals surface area contributed by atoms with E-state index in [9.17, 15) is 4.79 Å². The number of aromatic nitrogens is 1. The molecule has 4 heteroatoms. The third-order valence-corrected chi connectivity index (χ3v) is 4.05. The lowest BCUT2D eigenvalue weighted by molar-refractivity contribution is 0.0858. The Bertz CT molecular complexity index is 512. The molecular formula is C15H19N3O. The van der Waals surface area contributed by atoms with Crippen molar-refractivity contribution < 1.29 is 4.79 Å². The van der Waals surface area contributed by atoms with E-state index in [-0.39, 0.29) is 17.0 Å². The SMILES string of the molecule is CC(C)(CNC(=O)c1ccnc(C#N)c1)C1CCC1. The highest BCUT2D eigenvalue weighted by molar-refractivity contribution is 5.94. The fourth-order valence-electron chi connectivity index (χ4n) is 2.38. The van der Waals surface area contributed by atoms with Crippen LogP contribution in [-0.4, -0.2) is 17.4 Å². The molecule has 0 atom stereocenters. The minimum absolute atomic E-state index is 0.133. The number of nitrogens with one attached hydrogen (secondary N) is 1. The number of hydrogen-bond acceptors (Lipinski definition) is 3. The van der Waals surface area contributed by atoms with E-state index in [1.807, 2.05) is 6.07 Å². The minimum atomic E-state index is -0.133. The van der Waals surface area contributed by atoms with Gasteiger partial charge < -0.3 is 5.32 Å². The van der Waals surface area contributed by atoms with E-state index in [4.69, 9.17) is 5.26 Å². The van der Waals surface area contributed by atoms with Gasteiger partial charge in [-0.3, -0.25) is 4.79 Å². The Morgan fingerprint density at radius 1 is 1.58 bits per heavy atom. The molecule has 1 aliphatic rings. The van der Waals surface area contributed by atoms with Gasteiger partial charge in [0.25, 0.3) is 5.91 Å². The molecular weight excluding hydrogens is 238 g/mol. The van der Waals surface area contributed by atoms with Crippen LogP contribution in [0.1, 0.15) is 49.2 Å². The summed E-state index contributed by atoms with van der Waals surface area (Å²) in [5.41, 5.74) is 0.904. The predicted octanol–water partition coefficient (Wildman–Crippen LogP) is 2.51. The van der Waals surface area contributed by atoms with Crippen LogP contribution in [-0.2, 0) is 0 Å². The van der Waals surface area contributed by atoms with Crippen LogP contribution in [0.3, 0.4) is 0 Å². The first-order valence-corrected chi connectivity index (χ1v) is 6.67. The molecule has 1 fully saturated rings. The molecule has 19 heavy (non-hydrogen) atoms. The molecule has 1 saturated carbocycles. The third-order valence-electron chi connectivity index (χ3n) is 4.05. The van der Waals surface area contributed by atoms with Crippen molar-refractivity contribution in [2.75, 3.05) is 6.54 Å². The van der Waals surface area contributed by atoms with Crippen molar-refractivity contribution in [3.63, 3.8) is 0 Å². The Morgan fingerprint density at radius 2 is 2.32 bits per heavy atom. The summed E-state index contributed by atoms with van der Waals surface area (Å²) in [5.74, 6) is 0.575. The number of rotatable bonds is 4. The van der Waals surface area contributed by atoms with E-state index in [2.05, 4.69) is 24.1 Å². The van der Waals surface area contributed by atoms with Gasteiger partial charge in [-0.1, -0.05) is 20.3 Å². The molecule has 1 aromatic rings. The van der Waals surface area contributed by atoms with E-state index in [0.29, 0.717) is 18.0 Å². The van der Waals surface area contributed by atoms with Crippen molar-refractivity contribution in [2.24, 2.45) is 11.3 Å². The molecule has 1 heterocycles. The van der Waals surface area contributed by atoms with Crippen molar-refractivity contribution in [3.05, 3.63) is 29.6 Å². The van der Waals surface area contributed by atoms with Crippen LogP contribution in [0, 0.1) is 22.7 Å². The van der Waals surface area contributed by atoms with Gasteiger partial charge in [-0.25, -0.2) is 4.98 Å². The van der Waals surface area contributed by atoms with E-state index in [1.54, 1.807) is 6.07 Å². The summed E-state index contributed by atoms with van der Waals surface area (Å²) in [6.07, 6.45) is 5.32. The standard InChI is InChI=1S/C15H19N3O/c1-15(2,12-4-3-5-12)10-18-14(19)11-6-7-17-13(8-11)9-16/h6-8,12H,3-5,10H2,1-2H3,(H,18,19). The molecule has 0 radical (unpaired) electrons. The van der Waals surface area contributed by atoms with Gasteiger partial charge in [-0.05, 0) is 36.3 Å². The highest BCUT2D eigenvalue weighted by Gasteiger charge is 2.33. The van der Waals surface area contributed by atoms with Gasteiger partial charge in [0, 0.05) is 18.3 Å². The quantitative estimate of drug-likeness (QED) is 0.901. The number of nitrogens with zero attached hydrogens (tertiary/aromatic N) is 2. The summed E-state index contributed by atoms with van der Waals surface area (Å²) in [4.78, 5) is 15.9. The molecule has 0 saturated heterocycles. The second-order valence-corrected chi connectivity index (χ2v) is 5.84. The van der Waals surface area contributed by atoms with Gasteiger partial charge >= 0.3 is 0 Å². The second-order valence-electron chi connectivity index (χ2n) is 5.84. The maximum Gasteiger partial charge on any atom is 0.251 e. The van der Waals surface area contributed by atoms with E-state index in [0.717, 1.165) is 0 Å². The number of pyridine rings is 1. The third kappa shape index (κ3) is 3.11. The lowest BCUT2D eigenvalue weighted by Crippen LogP contribution is -2.41. The monoisotopic (exact) mass is 257 g/mol. The van der Waals surface area contributed by atoms with Crippen molar-refractivity contribution in [3.8, 4) is 6.07 Å². The van der Waals surface area contributed by atoms with Gasteiger partial charge in [-0.15, -0.1) is 0 Å². The first-order valence-electron chi connectivity index (χ1n) is 6.67. The van der Waals surface area contributed by atoms with Crippen LogP contribution in [0.25, 0.3) is 0 Å². The van der Waals surface area contributed by atoms with Crippen molar-refractivity contribution in [2.45, 2.75) is 33.1 Å². The number of nitriles is 1. The van der Waals surface area contributed by atoms with Crippen LogP contribution in [0.2, 0.25) is 0 Å². The minimum Gasteiger partial charge on any atom is -0.351 e. The zero-order valence-corrected chi connectivity index (χ0v) is 11.4. The molecule has 0 unspecified atom stereocenters. The van der Waals surface area contributed by atoms with Crippen LogP contribution >= 0.6 is 0 Å². The summed E-state index contributed by atoms with van der Waals surface area (Å²) in [5, 5.41) is 11.7. The molecule has 2 rings (SSSR count). The first-order chi connectivity index (χ1) is 9.03. The van der Waals surface area contributed by atoms with Gasteiger partial charge in [0.1, 0.15) is 11.8 Å². The highest BCUT2D eigenvalue weighted by atomic mass is 16.1. The Kier molecular flexibility index (Phi) is 3.84. The molecule has 1 amide bonds. The zero-order chi connectivity index (χ0) is 13.9. The fourth-order valence-corrected chi connectivity index (χ4v) is 2.38. The van der Waals surface area contributed by atoms with Crippen molar-refractivity contribution >= 4 is 5.91 Å². The largest absolute Gasteiger partial charge is 0.351 e. The molecule has 1 N–H and O–H groups in total. The first kappa shape index (κ1) is 13.5. The summed E-state index contributed by atoms with van der Waals surface area (Å²) in [7, 11) is 0. The molecule has 0 spiro atoms. The number of hydrogen-bond donors (Lipinski definition) is 1. The number of carbonyl (C=O) groups is 1. The summed E-state index contributed by atoms with van der Waals surface area (Å²) >= 11 is 0. The fraction of sp³-hybridized carbons (Fsp3) is 0.533. The Morgan fingerprint density at radius 3 is 2.89 bits per heavy atom. The van der Waals surface area contributed by atoms with E-state index in [1.165, 1.54) is 31.5 Å². The predicted molar refractivity (Wildman–Crippen MR) is 72.4 cm³/mol. The molecule has 0 aliphatic heterocycles. The van der Waals surface area contributed by atoms with Crippen LogP contribution < -0.4 is 5.32 Å². The molecule has 100 valence electrons. The summed E-state index contributed by atoms with van der Waals surface area (Å²) in [6.45, 7) is 5.06. The summed E-state index contributed by atoms with van der Waals surface area (Å²) in [6, 6.07) is 5.09. The molecule has 4 nitrogen and oxygen atoms in total. The molecule has 0 bridgehead atoms. The van der Waals surface area contributed by atoms with E-state index < -0.39 is 0 Å². The maximum atomic E-state index is 12.0. The average molecular weight is 257 g/mol. The van der Waals surface area contributed by atoms with Crippen molar-refractivity contribution in [1.82, 2.24) is 10.3 Å². The second kappa shape index (κ2) is 5.40. The Balaban J connectivity index is 1.95. The number of carbonyl (C=O) groups excluding carboxylic acids is 1. The maximum absolute atomic E-state index is 12.0. The van der Waals surface area contributed by atoms with E-state index >= 15 is 0 Å². The van der Waals surface area contributed by atoms with Crippen LogP contribution in [0.15, 0.2) is 18.3 Å². The molecule has 1 aromatic heterocycles. The number of amides is 1. The lowest BCUT2D eigenvalue weighted by atomic mass is 9.67. The zero-order valence-electron chi connectivity index (χ0n) is 11.4. The topological polar surface area (TPSA) is 65.8 Å². The van der Waals surface area contributed by atoms with Crippen molar-refractivity contribution in [1.29, 1.82) is 5.26 Å².